The van der Waals surface area contributed by atoms with E-state index < -0.39 is 0 Å². The van der Waals surface area contributed by atoms with Crippen molar-refractivity contribution in [1.29, 1.82) is 0 Å². The van der Waals surface area contributed by atoms with Crippen molar-refractivity contribution in [2.75, 3.05) is 0 Å². The molecular weight excluding hydrogens is 906 g/mol. The zero-order valence-electron chi connectivity index (χ0n) is 6.20. The van der Waals surface area contributed by atoms with Gasteiger partial charge in [0, 0.05) is 42.1 Å². The molecule has 0 aliphatic heterocycles. The summed E-state index contributed by atoms with van der Waals surface area (Å²) in [6, 6.07) is 0. The first-order valence-electron chi connectivity index (χ1n) is 0. The van der Waals surface area contributed by atoms with Crippen LogP contribution < -0.4 is 0 Å². The second-order valence-corrected chi connectivity index (χ2v) is 0. The summed E-state index contributed by atoms with van der Waals surface area (Å²) in [6.45, 7) is 0. The Kier molecular flexibility index (Phi) is 35800. The predicted octanol–water partition coefficient (Wildman–Crippen LogP) is -1.32. The average Bonchev–Trinajstić information content (AvgIpc) is 0. The SMILES string of the molecule is [O-2].[O-2].[O-2].[O-2].[O-2].[O-2].[O-2].[O-2].[O-2].[O-2].[O-2].[Ta+5].[Ta+5].[W].[W]. The molecule has 0 spiro atoms. The molecule has 0 aromatic carbocycles. The minimum Gasteiger partial charge on any atom is -2.00 e. The van der Waals surface area contributed by atoms with Crippen molar-refractivity contribution < 1.29 is 147 Å². The van der Waals surface area contributed by atoms with Gasteiger partial charge in [0.15, 0.2) is 0 Å². The molecule has 0 aliphatic carbocycles. The molecule has 15 heteroatoms. The van der Waals surface area contributed by atoms with Crippen molar-refractivity contribution in [3.05, 3.63) is 0 Å². The summed E-state index contributed by atoms with van der Waals surface area (Å²) in [7, 11) is 0. The molecule has 0 fully saturated rings. The van der Waals surface area contributed by atoms with Crippen molar-refractivity contribution in [2.45, 2.75) is 0 Å². The fourth-order valence-corrected chi connectivity index (χ4v) is 0. The van der Waals surface area contributed by atoms with Gasteiger partial charge in [0.1, 0.15) is 0 Å². The van der Waals surface area contributed by atoms with Crippen LogP contribution in [0.1, 0.15) is 0 Å². The minimum absolute atomic E-state index is 0. The second-order valence-electron chi connectivity index (χ2n) is 0. The largest absolute Gasteiger partial charge is 5.00 e. The third-order valence-corrected chi connectivity index (χ3v) is 0. The van der Waals surface area contributed by atoms with E-state index in [1.807, 2.05) is 0 Å². The van der Waals surface area contributed by atoms with Crippen molar-refractivity contribution >= 4 is 0 Å². The molecule has 0 saturated carbocycles. The van der Waals surface area contributed by atoms with E-state index in [1.165, 1.54) is 0 Å². The first-order valence-corrected chi connectivity index (χ1v) is 0. The molecule has 0 aliphatic rings. The predicted molar refractivity (Wildman–Crippen MR) is 7.55 cm³/mol. The maximum atomic E-state index is 0. The van der Waals surface area contributed by atoms with Crippen molar-refractivity contribution in [3.63, 3.8) is 0 Å². The fourth-order valence-electron chi connectivity index (χ4n) is 0. The summed E-state index contributed by atoms with van der Waals surface area (Å²) in [5.74, 6) is 0. The first-order chi connectivity index (χ1) is 0. The Morgan fingerprint density at radius 3 is 0.200 bits per heavy atom. The summed E-state index contributed by atoms with van der Waals surface area (Å²) in [5, 5.41) is 0. The molecule has 11 nitrogen and oxygen atoms in total. The zero-order chi connectivity index (χ0) is 0. The monoisotopic (exact) mass is 906 g/mol. The van der Waals surface area contributed by atoms with Gasteiger partial charge >= 0.3 is 44.8 Å². The molecule has 0 saturated heterocycles. The van der Waals surface area contributed by atoms with Gasteiger partial charge in [-0.1, -0.05) is 0 Å². The quantitative estimate of drug-likeness (QED) is 0.273. The third kappa shape index (κ3) is 584. The summed E-state index contributed by atoms with van der Waals surface area (Å²) in [6.07, 6.45) is 0. The van der Waals surface area contributed by atoms with Crippen LogP contribution in [0.3, 0.4) is 0 Å². The molecule has 0 atom stereocenters. The maximum absolute atomic E-state index is 0. The maximum Gasteiger partial charge on any atom is 5.00 e. The molecule has 15 heavy (non-hydrogen) atoms. The van der Waals surface area contributed by atoms with Crippen LogP contribution in [0.5, 0.6) is 0 Å². The van der Waals surface area contributed by atoms with Gasteiger partial charge in [0.2, 0.25) is 0 Å². The van der Waals surface area contributed by atoms with E-state index in [-0.39, 0.29) is 147 Å². The standard InChI is InChI=1S/11O.2Ta.2W/q11*-2;2*+5;;. The summed E-state index contributed by atoms with van der Waals surface area (Å²) in [4.78, 5) is 0. The van der Waals surface area contributed by atoms with Crippen molar-refractivity contribution in [3.8, 4) is 0 Å². The normalized spacial score (nSPS) is 0. The number of hydrogen-bond donors (Lipinski definition) is 0. The van der Waals surface area contributed by atoms with E-state index in [1.54, 1.807) is 0 Å². The topological polar surface area (TPSA) is 314 Å². The summed E-state index contributed by atoms with van der Waals surface area (Å²) in [5.41, 5.74) is 0. The van der Waals surface area contributed by atoms with E-state index in [4.69, 9.17) is 0 Å². The molecule has 0 amide bonds. The van der Waals surface area contributed by atoms with E-state index >= 15 is 0 Å². The molecule has 0 aromatic heterocycles. The summed E-state index contributed by atoms with van der Waals surface area (Å²) >= 11 is 0. The Morgan fingerprint density at radius 2 is 0.200 bits per heavy atom. The smallest absolute Gasteiger partial charge is 2.00 e. The van der Waals surface area contributed by atoms with Gasteiger partial charge in [-0.15, -0.1) is 0 Å². The van der Waals surface area contributed by atoms with Gasteiger partial charge in [-0.2, -0.15) is 0 Å². The van der Waals surface area contributed by atoms with Crippen LogP contribution in [0.25, 0.3) is 0 Å². The molecule has 0 rings (SSSR count). The van der Waals surface area contributed by atoms with Gasteiger partial charge in [-0.05, 0) is 0 Å². The third-order valence-electron chi connectivity index (χ3n) is 0. The Labute approximate surface area is 146 Å². The molecule has 100 valence electrons. The van der Waals surface area contributed by atoms with Crippen LogP contribution in [-0.4, -0.2) is 0 Å². The van der Waals surface area contributed by atoms with E-state index in [2.05, 4.69) is 0 Å². The van der Waals surface area contributed by atoms with Gasteiger partial charge < -0.3 is 60.2 Å². The van der Waals surface area contributed by atoms with E-state index in [9.17, 15) is 0 Å². The van der Waals surface area contributed by atoms with Crippen LogP contribution in [0.2, 0.25) is 0 Å². The molecule has 0 aromatic rings. The Balaban J connectivity index is 0. The van der Waals surface area contributed by atoms with Crippen molar-refractivity contribution in [2.24, 2.45) is 0 Å². The second kappa shape index (κ2) is 668. The van der Waals surface area contributed by atoms with Gasteiger partial charge in [0.05, 0.1) is 0 Å². The van der Waals surface area contributed by atoms with Crippen LogP contribution in [-0.2, 0) is 147 Å². The van der Waals surface area contributed by atoms with Crippen LogP contribution in [0.15, 0.2) is 0 Å². The van der Waals surface area contributed by atoms with E-state index in [0.717, 1.165) is 0 Å². The first kappa shape index (κ1) is 803. The van der Waals surface area contributed by atoms with Crippen LogP contribution in [0.4, 0.5) is 0 Å². The van der Waals surface area contributed by atoms with E-state index in [0.29, 0.717) is 0 Å². The summed E-state index contributed by atoms with van der Waals surface area (Å²) < 4.78 is 0. The van der Waals surface area contributed by atoms with Gasteiger partial charge in [0.25, 0.3) is 0 Å². The number of hydrogen-bond acceptors (Lipinski definition) is 0. The molecule has 0 bridgehead atoms. The molecular formula is O11Ta2W2-12. The number of rotatable bonds is 0. The van der Waals surface area contributed by atoms with Gasteiger partial charge in [-0.3, -0.25) is 0 Å². The average molecular weight is 906 g/mol. The molecule has 0 unspecified atom stereocenters. The Bertz CT molecular complexity index is 16.5. The van der Waals surface area contributed by atoms with Crippen LogP contribution in [0, 0.1) is 0 Å². The van der Waals surface area contributed by atoms with Crippen molar-refractivity contribution in [1.82, 2.24) is 0 Å². The Morgan fingerprint density at radius 1 is 0.200 bits per heavy atom. The van der Waals surface area contributed by atoms with Gasteiger partial charge in [-0.25, -0.2) is 0 Å². The zero-order valence-corrected chi connectivity index (χ0v) is 18.5. The van der Waals surface area contributed by atoms with Crippen LogP contribution >= 0.6 is 0 Å². The molecule has 0 N–H and O–H groups in total. The molecule has 0 radical (unpaired) electrons. The minimum atomic E-state index is 0. The Hall–Kier alpha value is 2.42. The molecule has 0 heterocycles. The fraction of sp³-hybridized carbons (Fsp3) is 0.